The minimum Gasteiger partial charge on any atom is -0.495 e. The normalized spacial score (nSPS) is 10.3. The number of hydrogen-bond donors (Lipinski definition) is 2. The van der Waals surface area contributed by atoms with Crippen LogP contribution in [0.25, 0.3) is 0 Å². The number of ether oxygens (including phenoxy) is 1. The highest BCUT2D eigenvalue weighted by Crippen LogP contribution is 2.26. The van der Waals surface area contributed by atoms with E-state index in [1.165, 1.54) is 0 Å². The van der Waals surface area contributed by atoms with Gasteiger partial charge in [-0.05, 0) is 32.0 Å². The molecule has 0 fully saturated rings. The van der Waals surface area contributed by atoms with E-state index in [9.17, 15) is 4.79 Å². The predicted octanol–water partition coefficient (Wildman–Crippen LogP) is 2.68. The van der Waals surface area contributed by atoms with E-state index in [-0.39, 0.29) is 11.9 Å². The number of carbonyl (C=O) groups excluding carboxylic acids is 1. The minimum atomic E-state index is 0.0390. The molecule has 0 spiro atoms. The first kappa shape index (κ1) is 14.6. The van der Waals surface area contributed by atoms with Crippen LogP contribution in [-0.2, 0) is 4.79 Å². The van der Waals surface area contributed by atoms with Gasteiger partial charge in [0.15, 0.2) is 0 Å². The molecule has 0 atom stereocenters. The molecule has 0 aliphatic heterocycles. The van der Waals surface area contributed by atoms with E-state index in [4.69, 9.17) is 16.3 Å². The number of methoxy groups -OCH3 is 1. The molecule has 1 rings (SSSR count). The number of amides is 1. The van der Waals surface area contributed by atoms with Crippen LogP contribution < -0.4 is 15.4 Å². The fourth-order valence-corrected chi connectivity index (χ4v) is 1.75. The van der Waals surface area contributed by atoms with Crippen molar-refractivity contribution in [2.24, 2.45) is 0 Å². The first-order valence-electron chi connectivity index (χ1n) is 5.89. The zero-order valence-electron chi connectivity index (χ0n) is 10.9. The minimum absolute atomic E-state index is 0.0390. The summed E-state index contributed by atoms with van der Waals surface area (Å²) in [5.74, 6) is 0.678. The van der Waals surface area contributed by atoms with E-state index in [1.54, 1.807) is 19.2 Å². The van der Waals surface area contributed by atoms with E-state index in [2.05, 4.69) is 10.6 Å². The Morgan fingerprint density at radius 1 is 1.44 bits per heavy atom. The topological polar surface area (TPSA) is 50.4 Å². The Labute approximate surface area is 113 Å². The molecular weight excluding hydrogens is 252 g/mol. The third-order valence-corrected chi connectivity index (χ3v) is 2.58. The lowest BCUT2D eigenvalue weighted by atomic mass is 10.3. The van der Waals surface area contributed by atoms with Crippen molar-refractivity contribution in [3.05, 3.63) is 23.2 Å². The van der Waals surface area contributed by atoms with Crippen molar-refractivity contribution in [1.82, 2.24) is 5.32 Å². The number of carbonyl (C=O) groups is 1. The third-order valence-electron chi connectivity index (χ3n) is 2.28. The van der Waals surface area contributed by atoms with Crippen molar-refractivity contribution in [2.45, 2.75) is 26.3 Å². The quantitative estimate of drug-likeness (QED) is 0.836. The molecular formula is C13H19ClN2O2. The van der Waals surface area contributed by atoms with Gasteiger partial charge in [-0.3, -0.25) is 4.79 Å². The predicted molar refractivity (Wildman–Crippen MR) is 74.4 cm³/mol. The number of benzene rings is 1. The number of halogens is 1. The Bertz CT molecular complexity index is 408. The van der Waals surface area contributed by atoms with Crippen molar-refractivity contribution < 1.29 is 9.53 Å². The summed E-state index contributed by atoms with van der Waals surface area (Å²) in [7, 11) is 1.57. The van der Waals surface area contributed by atoms with Crippen LogP contribution in [0.2, 0.25) is 5.02 Å². The van der Waals surface area contributed by atoms with E-state index < -0.39 is 0 Å². The molecule has 0 unspecified atom stereocenters. The van der Waals surface area contributed by atoms with Crippen LogP contribution in [0.5, 0.6) is 5.75 Å². The second-order valence-electron chi connectivity index (χ2n) is 4.25. The van der Waals surface area contributed by atoms with Crippen molar-refractivity contribution in [3.8, 4) is 5.75 Å². The number of nitrogens with one attached hydrogen (secondary N) is 2. The standard InChI is InChI=1S/C13H19ClN2O2/c1-9(2)16-13(17)6-7-15-10-4-5-12(18-3)11(14)8-10/h4-5,8-9,15H,6-7H2,1-3H3,(H,16,17). The largest absolute Gasteiger partial charge is 0.495 e. The first-order chi connectivity index (χ1) is 8.52. The molecule has 0 saturated heterocycles. The maximum atomic E-state index is 11.4. The molecule has 1 amide bonds. The summed E-state index contributed by atoms with van der Waals surface area (Å²) < 4.78 is 5.06. The average Bonchev–Trinajstić information content (AvgIpc) is 2.28. The van der Waals surface area contributed by atoms with Crippen LogP contribution in [-0.4, -0.2) is 25.6 Å². The van der Waals surface area contributed by atoms with Gasteiger partial charge in [0.1, 0.15) is 5.75 Å². The molecule has 0 saturated carbocycles. The number of rotatable bonds is 6. The van der Waals surface area contributed by atoms with Crippen LogP contribution in [0.3, 0.4) is 0 Å². The molecule has 5 heteroatoms. The molecule has 2 N–H and O–H groups in total. The zero-order chi connectivity index (χ0) is 13.5. The molecule has 1 aromatic rings. The molecule has 1 aromatic carbocycles. The lowest BCUT2D eigenvalue weighted by Gasteiger charge is -2.10. The van der Waals surface area contributed by atoms with Gasteiger partial charge in [-0.25, -0.2) is 0 Å². The molecule has 100 valence electrons. The molecule has 18 heavy (non-hydrogen) atoms. The Kier molecular flexibility index (Phi) is 5.78. The molecule has 0 aliphatic rings. The van der Waals surface area contributed by atoms with Gasteiger partial charge in [0, 0.05) is 24.7 Å². The van der Waals surface area contributed by atoms with Crippen molar-refractivity contribution in [3.63, 3.8) is 0 Å². The molecule has 0 radical (unpaired) electrons. The summed E-state index contributed by atoms with van der Waals surface area (Å²) >= 11 is 6.00. The van der Waals surface area contributed by atoms with Crippen LogP contribution in [0.15, 0.2) is 18.2 Å². The second kappa shape index (κ2) is 7.11. The van der Waals surface area contributed by atoms with Gasteiger partial charge in [-0.2, -0.15) is 0 Å². The Morgan fingerprint density at radius 3 is 2.72 bits per heavy atom. The Balaban J connectivity index is 2.40. The maximum Gasteiger partial charge on any atom is 0.221 e. The third kappa shape index (κ3) is 4.84. The van der Waals surface area contributed by atoms with Crippen molar-refractivity contribution in [1.29, 1.82) is 0 Å². The summed E-state index contributed by atoms with van der Waals surface area (Å²) in [6, 6.07) is 5.61. The smallest absolute Gasteiger partial charge is 0.221 e. The van der Waals surface area contributed by atoms with Crippen LogP contribution in [0.1, 0.15) is 20.3 Å². The summed E-state index contributed by atoms with van der Waals surface area (Å²) in [5.41, 5.74) is 0.873. The van der Waals surface area contributed by atoms with E-state index in [1.807, 2.05) is 19.9 Å². The second-order valence-corrected chi connectivity index (χ2v) is 4.66. The monoisotopic (exact) mass is 270 g/mol. The highest BCUT2D eigenvalue weighted by atomic mass is 35.5. The molecule has 4 nitrogen and oxygen atoms in total. The maximum absolute atomic E-state index is 11.4. The first-order valence-corrected chi connectivity index (χ1v) is 6.27. The summed E-state index contributed by atoms with van der Waals surface area (Å²) in [4.78, 5) is 11.4. The van der Waals surface area contributed by atoms with Crippen LogP contribution in [0.4, 0.5) is 5.69 Å². The van der Waals surface area contributed by atoms with E-state index in [0.717, 1.165) is 5.69 Å². The fraction of sp³-hybridized carbons (Fsp3) is 0.462. The summed E-state index contributed by atoms with van der Waals surface area (Å²) in [6.07, 6.45) is 0.432. The highest BCUT2D eigenvalue weighted by Gasteiger charge is 2.04. The molecule has 0 aliphatic carbocycles. The highest BCUT2D eigenvalue weighted by molar-refractivity contribution is 6.32. The average molecular weight is 271 g/mol. The number of anilines is 1. The Hall–Kier alpha value is -1.42. The lowest BCUT2D eigenvalue weighted by molar-refractivity contribution is -0.121. The van der Waals surface area contributed by atoms with Crippen LogP contribution in [0, 0.1) is 0 Å². The van der Waals surface area contributed by atoms with Gasteiger partial charge >= 0.3 is 0 Å². The Morgan fingerprint density at radius 2 is 2.17 bits per heavy atom. The van der Waals surface area contributed by atoms with Gasteiger partial charge in [-0.1, -0.05) is 11.6 Å². The van der Waals surface area contributed by atoms with Gasteiger partial charge in [-0.15, -0.1) is 0 Å². The zero-order valence-corrected chi connectivity index (χ0v) is 11.7. The van der Waals surface area contributed by atoms with Gasteiger partial charge in [0.2, 0.25) is 5.91 Å². The molecule has 0 bridgehead atoms. The van der Waals surface area contributed by atoms with Gasteiger partial charge < -0.3 is 15.4 Å². The fourth-order valence-electron chi connectivity index (χ4n) is 1.49. The summed E-state index contributed by atoms with van der Waals surface area (Å²) in [6.45, 7) is 4.45. The van der Waals surface area contributed by atoms with Crippen LogP contribution >= 0.6 is 11.6 Å². The number of hydrogen-bond acceptors (Lipinski definition) is 3. The van der Waals surface area contributed by atoms with Crippen molar-refractivity contribution in [2.75, 3.05) is 19.0 Å². The van der Waals surface area contributed by atoms with E-state index in [0.29, 0.717) is 23.7 Å². The lowest BCUT2D eigenvalue weighted by Crippen LogP contribution is -2.31. The van der Waals surface area contributed by atoms with Crippen molar-refractivity contribution >= 4 is 23.2 Å². The summed E-state index contributed by atoms with van der Waals surface area (Å²) in [5, 5.41) is 6.52. The van der Waals surface area contributed by atoms with Gasteiger partial charge in [0.05, 0.1) is 12.1 Å². The van der Waals surface area contributed by atoms with E-state index >= 15 is 0 Å². The molecule has 0 heterocycles. The van der Waals surface area contributed by atoms with Gasteiger partial charge in [0.25, 0.3) is 0 Å². The molecule has 0 aromatic heterocycles. The SMILES string of the molecule is COc1ccc(NCCC(=O)NC(C)C)cc1Cl.